The van der Waals surface area contributed by atoms with Gasteiger partial charge < -0.3 is 14.2 Å². The standard InChI is InChI=1S/C26H31F5O5/c1-6-24(4,5)13-21(16(2)3)23(33)36-20-10-8-17-11-19(9-7-18(17)12-20)34-14-22(32)35-15-25(27,28)26(29,30)31/h7-12,16,21H,6,13-15H2,1-5H3. The zero-order valence-electron chi connectivity index (χ0n) is 20.9. The zero-order valence-corrected chi connectivity index (χ0v) is 20.9. The number of carbonyl (C=O) groups excluding carboxylic acids is 2. The fraction of sp³-hybridized carbons (Fsp3) is 0.538. The van der Waals surface area contributed by atoms with E-state index < -0.39 is 31.3 Å². The summed E-state index contributed by atoms with van der Waals surface area (Å²) in [7, 11) is 0. The van der Waals surface area contributed by atoms with Crippen molar-refractivity contribution in [3.05, 3.63) is 36.4 Å². The summed E-state index contributed by atoms with van der Waals surface area (Å²) in [5, 5.41) is 1.37. The third-order valence-electron chi connectivity index (χ3n) is 6.02. The zero-order chi connectivity index (χ0) is 27.3. The van der Waals surface area contributed by atoms with Crippen molar-refractivity contribution >= 4 is 22.7 Å². The molecule has 0 heterocycles. The molecule has 0 radical (unpaired) electrons. The molecule has 2 rings (SSSR count). The summed E-state index contributed by atoms with van der Waals surface area (Å²) < 4.78 is 76.9. The molecule has 0 aliphatic heterocycles. The molecular formula is C26H31F5O5. The van der Waals surface area contributed by atoms with E-state index in [1.54, 1.807) is 30.3 Å². The predicted octanol–water partition coefficient (Wildman–Crippen LogP) is 6.96. The van der Waals surface area contributed by atoms with Crippen molar-refractivity contribution in [1.82, 2.24) is 0 Å². The summed E-state index contributed by atoms with van der Waals surface area (Å²) >= 11 is 0. The van der Waals surface area contributed by atoms with E-state index in [9.17, 15) is 31.5 Å². The van der Waals surface area contributed by atoms with E-state index in [4.69, 9.17) is 9.47 Å². The third kappa shape index (κ3) is 8.06. The highest BCUT2D eigenvalue weighted by molar-refractivity contribution is 5.86. The Bertz CT molecular complexity index is 1060. The van der Waals surface area contributed by atoms with Crippen LogP contribution in [0.15, 0.2) is 36.4 Å². The minimum Gasteiger partial charge on any atom is -0.482 e. The molecule has 5 nitrogen and oxygen atoms in total. The lowest BCUT2D eigenvalue weighted by Crippen LogP contribution is -2.41. The summed E-state index contributed by atoms with van der Waals surface area (Å²) in [6.07, 6.45) is -4.19. The molecule has 10 heteroatoms. The molecule has 0 aliphatic rings. The van der Waals surface area contributed by atoms with Gasteiger partial charge in [0.15, 0.2) is 13.2 Å². The van der Waals surface area contributed by atoms with Gasteiger partial charge in [0.1, 0.15) is 11.5 Å². The van der Waals surface area contributed by atoms with Crippen molar-refractivity contribution in [3.63, 3.8) is 0 Å². The van der Waals surface area contributed by atoms with E-state index in [1.807, 2.05) is 13.8 Å². The number of halogens is 5. The van der Waals surface area contributed by atoms with Gasteiger partial charge in [-0.3, -0.25) is 4.79 Å². The number of carbonyl (C=O) groups is 2. The Labute approximate surface area is 206 Å². The summed E-state index contributed by atoms with van der Waals surface area (Å²) in [6.45, 7) is 7.31. The molecule has 0 fully saturated rings. The van der Waals surface area contributed by atoms with Crippen molar-refractivity contribution in [2.45, 2.75) is 59.6 Å². The molecule has 0 saturated heterocycles. The maximum Gasteiger partial charge on any atom is 0.456 e. The summed E-state index contributed by atoms with van der Waals surface area (Å²) in [6, 6.07) is 9.61. The van der Waals surface area contributed by atoms with E-state index in [-0.39, 0.29) is 29.0 Å². The summed E-state index contributed by atoms with van der Waals surface area (Å²) in [5.74, 6) is -6.43. The van der Waals surface area contributed by atoms with E-state index in [0.717, 1.165) is 6.42 Å². The van der Waals surface area contributed by atoms with Gasteiger partial charge in [-0.15, -0.1) is 0 Å². The molecule has 0 saturated carbocycles. The van der Waals surface area contributed by atoms with Crippen molar-refractivity contribution in [1.29, 1.82) is 0 Å². The molecule has 0 bridgehead atoms. The molecule has 0 aliphatic carbocycles. The summed E-state index contributed by atoms with van der Waals surface area (Å²) in [5.41, 5.74) is -0.000628. The lowest BCUT2D eigenvalue weighted by molar-refractivity contribution is -0.294. The first-order valence-electron chi connectivity index (χ1n) is 11.5. The molecular weight excluding hydrogens is 487 g/mol. The van der Waals surface area contributed by atoms with Gasteiger partial charge in [-0.1, -0.05) is 53.2 Å². The minimum absolute atomic E-state index is 0.000628. The molecule has 0 N–H and O–H groups in total. The summed E-state index contributed by atoms with van der Waals surface area (Å²) in [4.78, 5) is 24.4. The van der Waals surface area contributed by atoms with Gasteiger partial charge in [-0.05, 0) is 52.8 Å². The van der Waals surface area contributed by atoms with Gasteiger partial charge in [0.05, 0.1) is 5.92 Å². The van der Waals surface area contributed by atoms with Crippen molar-refractivity contribution in [3.8, 4) is 11.5 Å². The first-order valence-corrected chi connectivity index (χ1v) is 11.5. The molecule has 1 unspecified atom stereocenters. The second-order valence-corrected chi connectivity index (χ2v) is 9.82. The SMILES string of the molecule is CCC(C)(C)CC(C(=O)Oc1ccc2cc(OCC(=O)OCC(F)(F)C(F)(F)F)ccc2c1)C(C)C. The number of benzene rings is 2. The van der Waals surface area contributed by atoms with Crippen LogP contribution in [0, 0.1) is 17.3 Å². The van der Waals surface area contributed by atoms with Gasteiger partial charge >= 0.3 is 24.0 Å². The van der Waals surface area contributed by atoms with Crippen LogP contribution in [0.4, 0.5) is 22.0 Å². The molecule has 1 atom stereocenters. The minimum atomic E-state index is -5.82. The van der Waals surface area contributed by atoms with Crippen LogP contribution >= 0.6 is 0 Å². The lowest BCUT2D eigenvalue weighted by Gasteiger charge is -2.29. The highest BCUT2D eigenvalue weighted by Gasteiger charge is 2.58. The number of hydrogen-bond donors (Lipinski definition) is 0. The van der Waals surface area contributed by atoms with Gasteiger partial charge in [-0.25, -0.2) is 4.79 Å². The van der Waals surface area contributed by atoms with Gasteiger partial charge in [0.25, 0.3) is 0 Å². The number of ether oxygens (including phenoxy) is 3. The molecule has 200 valence electrons. The Balaban J connectivity index is 2.01. The Kier molecular flexibility index (Phi) is 9.31. The Morgan fingerprint density at radius 2 is 1.47 bits per heavy atom. The van der Waals surface area contributed by atoms with Crippen LogP contribution in [0.3, 0.4) is 0 Å². The topological polar surface area (TPSA) is 61.8 Å². The quantitative estimate of drug-likeness (QED) is 0.183. The highest BCUT2D eigenvalue weighted by Crippen LogP contribution is 2.36. The first-order chi connectivity index (χ1) is 16.5. The molecule has 0 aromatic heterocycles. The number of alkyl halides is 5. The largest absolute Gasteiger partial charge is 0.482 e. The smallest absolute Gasteiger partial charge is 0.456 e. The maximum atomic E-state index is 12.9. The van der Waals surface area contributed by atoms with E-state index in [0.29, 0.717) is 22.9 Å². The highest BCUT2D eigenvalue weighted by atomic mass is 19.4. The molecule has 36 heavy (non-hydrogen) atoms. The van der Waals surface area contributed by atoms with Crippen LogP contribution in [0.2, 0.25) is 0 Å². The van der Waals surface area contributed by atoms with Crippen LogP contribution < -0.4 is 9.47 Å². The van der Waals surface area contributed by atoms with Crippen LogP contribution in [-0.4, -0.2) is 37.3 Å². The Morgan fingerprint density at radius 3 is 2.00 bits per heavy atom. The third-order valence-corrected chi connectivity index (χ3v) is 6.02. The molecule has 0 spiro atoms. The fourth-order valence-corrected chi connectivity index (χ4v) is 3.31. The number of hydrogen-bond acceptors (Lipinski definition) is 5. The van der Waals surface area contributed by atoms with E-state index in [2.05, 4.69) is 25.5 Å². The lowest BCUT2D eigenvalue weighted by atomic mass is 9.77. The van der Waals surface area contributed by atoms with Crippen LogP contribution in [0.5, 0.6) is 11.5 Å². The molecule has 0 amide bonds. The van der Waals surface area contributed by atoms with Crippen molar-refractivity contribution in [2.24, 2.45) is 17.3 Å². The van der Waals surface area contributed by atoms with Gasteiger partial charge in [-0.2, -0.15) is 22.0 Å². The molecule has 2 aromatic carbocycles. The Hall–Kier alpha value is -2.91. The first kappa shape index (κ1) is 29.3. The number of rotatable bonds is 11. The normalized spacial score (nSPS) is 13.5. The van der Waals surface area contributed by atoms with Crippen LogP contribution in [0.25, 0.3) is 10.8 Å². The molecule has 2 aromatic rings. The second kappa shape index (κ2) is 11.4. The fourth-order valence-electron chi connectivity index (χ4n) is 3.31. The van der Waals surface area contributed by atoms with Crippen molar-refractivity contribution in [2.75, 3.05) is 13.2 Å². The predicted molar refractivity (Wildman–Crippen MR) is 124 cm³/mol. The van der Waals surface area contributed by atoms with Gasteiger partial charge in [0, 0.05) is 0 Å². The van der Waals surface area contributed by atoms with Crippen molar-refractivity contribution < 1.29 is 45.8 Å². The number of esters is 2. The average molecular weight is 519 g/mol. The van der Waals surface area contributed by atoms with Crippen LogP contribution in [-0.2, 0) is 14.3 Å². The number of fused-ring (bicyclic) bond motifs is 1. The van der Waals surface area contributed by atoms with Gasteiger partial charge in [0.2, 0.25) is 0 Å². The van der Waals surface area contributed by atoms with Crippen LogP contribution in [0.1, 0.15) is 47.5 Å². The van der Waals surface area contributed by atoms with E-state index in [1.165, 1.54) is 6.07 Å². The second-order valence-electron chi connectivity index (χ2n) is 9.82. The maximum absolute atomic E-state index is 12.9. The average Bonchev–Trinajstić information content (AvgIpc) is 2.78. The Morgan fingerprint density at radius 1 is 0.917 bits per heavy atom. The monoisotopic (exact) mass is 518 g/mol. The van der Waals surface area contributed by atoms with E-state index >= 15 is 0 Å².